The van der Waals surface area contributed by atoms with E-state index in [0.29, 0.717) is 5.75 Å². The number of fused-ring (bicyclic) bond motifs is 1. The van der Waals surface area contributed by atoms with Gasteiger partial charge in [0.15, 0.2) is 0 Å². The van der Waals surface area contributed by atoms with Crippen LogP contribution in [0.1, 0.15) is 11.3 Å². The van der Waals surface area contributed by atoms with Crippen LogP contribution in [0, 0.1) is 0 Å². The van der Waals surface area contributed by atoms with Crippen LogP contribution in [-0.4, -0.2) is 15.3 Å². The molecular weight excluding hydrogens is 158 g/mol. The third-order valence-corrected chi connectivity index (χ3v) is 3.16. The third-order valence-electron chi connectivity index (χ3n) is 1.87. The van der Waals surface area contributed by atoms with Gasteiger partial charge >= 0.3 is 0 Å². The summed E-state index contributed by atoms with van der Waals surface area (Å²) in [5.41, 5.74) is 2.30. The molecule has 2 heterocycles. The molecule has 0 radical (unpaired) electrons. The Kier molecular flexibility index (Phi) is 1.84. The van der Waals surface area contributed by atoms with Crippen LogP contribution in [0.3, 0.4) is 0 Å². The third kappa shape index (κ3) is 1.39. The quantitative estimate of drug-likeness (QED) is 0.538. The zero-order valence-corrected chi connectivity index (χ0v) is 6.93. The van der Waals surface area contributed by atoms with Crippen molar-refractivity contribution in [2.45, 2.75) is 12.2 Å². The highest BCUT2D eigenvalue weighted by atomic mass is 32.2. The van der Waals surface area contributed by atoms with E-state index in [0.717, 1.165) is 23.4 Å². The molecular formula is C8H9NOS. The summed E-state index contributed by atoms with van der Waals surface area (Å²) in [7, 11) is 0. The molecule has 1 aromatic rings. The molecule has 0 fully saturated rings. The highest BCUT2D eigenvalue weighted by Gasteiger charge is 2.18. The molecule has 0 spiro atoms. The average Bonchev–Trinajstić information content (AvgIpc) is 2.04. The Hall–Kier alpha value is -0.540. The molecule has 1 aliphatic rings. The normalized spacial score (nSPS) is 22.8. The number of aryl methyl sites for hydroxylation is 1. The lowest BCUT2D eigenvalue weighted by atomic mass is 10.2. The fraction of sp³-hybridized carbons (Fsp3) is 0.375. The minimum absolute atomic E-state index is 0.642. The first-order valence-electron chi connectivity index (χ1n) is 3.64. The first-order valence-corrected chi connectivity index (χ1v) is 5.13. The highest BCUT2D eigenvalue weighted by Crippen LogP contribution is 2.17. The van der Waals surface area contributed by atoms with Crippen molar-refractivity contribution in [3.8, 4) is 0 Å². The van der Waals surface area contributed by atoms with Gasteiger partial charge in [-0.25, -0.2) is 0 Å². The lowest BCUT2D eigenvalue weighted by Crippen LogP contribution is -2.19. The van der Waals surface area contributed by atoms with Gasteiger partial charge in [-0.15, -0.1) is 0 Å². The van der Waals surface area contributed by atoms with Gasteiger partial charge in [-0.2, -0.15) is 0 Å². The van der Waals surface area contributed by atoms with E-state index in [1.807, 2.05) is 12.1 Å². The van der Waals surface area contributed by atoms with Gasteiger partial charge in [-0.3, -0.25) is 4.98 Å². The largest absolute Gasteiger partial charge is 0.616 e. The lowest BCUT2D eigenvalue weighted by molar-refractivity contribution is 0.589. The number of pyridine rings is 1. The molecule has 2 nitrogen and oxygen atoms in total. The van der Waals surface area contributed by atoms with Crippen LogP contribution in [0.25, 0.3) is 0 Å². The Bertz CT molecular complexity index is 264. The molecule has 1 aromatic heterocycles. The molecule has 1 unspecified atom stereocenters. The zero-order valence-electron chi connectivity index (χ0n) is 6.12. The van der Waals surface area contributed by atoms with Crippen LogP contribution >= 0.6 is 0 Å². The fourth-order valence-corrected chi connectivity index (χ4v) is 2.46. The second-order valence-corrected chi connectivity index (χ2v) is 4.22. The summed E-state index contributed by atoms with van der Waals surface area (Å²) in [6, 6.07) is 3.92. The summed E-state index contributed by atoms with van der Waals surface area (Å²) >= 11 is -0.642. The lowest BCUT2D eigenvalue weighted by Gasteiger charge is -2.17. The molecule has 2 rings (SSSR count). The Labute approximate surface area is 68.8 Å². The van der Waals surface area contributed by atoms with E-state index in [2.05, 4.69) is 4.98 Å². The summed E-state index contributed by atoms with van der Waals surface area (Å²) in [5.74, 6) is 1.48. The maximum Gasteiger partial charge on any atom is 0.132 e. The first-order chi connectivity index (χ1) is 5.36. The highest BCUT2D eigenvalue weighted by molar-refractivity contribution is 7.90. The van der Waals surface area contributed by atoms with Crippen molar-refractivity contribution in [2.75, 3.05) is 5.75 Å². The number of aromatic nitrogens is 1. The van der Waals surface area contributed by atoms with Crippen molar-refractivity contribution >= 4 is 11.2 Å². The van der Waals surface area contributed by atoms with Gasteiger partial charge < -0.3 is 4.55 Å². The Morgan fingerprint density at radius 1 is 1.55 bits per heavy atom. The summed E-state index contributed by atoms with van der Waals surface area (Å²) in [4.78, 5) is 4.22. The van der Waals surface area contributed by atoms with Crippen molar-refractivity contribution in [1.29, 1.82) is 0 Å². The van der Waals surface area contributed by atoms with E-state index in [-0.39, 0.29) is 0 Å². The molecule has 1 atom stereocenters. The monoisotopic (exact) mass is 167 g/mol. The summed E-state index contributed by atoms with van der Waals surface area (Å²) in [5, 5.41) is 0. The van der Waals surface area contributed by atoms with E-state index in [1.165, 1.54) is 0 Å². The van der Waals surface area contributed by atoms with Gasteiger partial charge in [-0.1, -0.05) is 6.07 Å². The van der Waals surface area contributed by atoms with Gasteiger partial charge in [0.25, 0.3) is 0 Å². The molecule has 0 aromatic carbocycles. The van der Waals surface area contributed by atoms with E-state index in [1.54, 1.807) is 6.20 Å². The standard InChI is InChI=1S/C8H9NOS/c10-11-5-3-8-7(6-11)2-1-4-9-8/h1-2,4H,3,5-6H2. The van der Waals surface area contributed by atoms with E-state index in [4.69, 9.17) is 0 Å². The molecule has 0 saturated heterocycles. The van der Waals surface area contributed by atoms with Crippen LogP contribution in [0.2, 0.25) is 0 Å². The fourth-order valence-electron chi connectivity index (χ4n) is 1.28. The first kappa shape index (κ1) is 7.13. The van der Waals surface area contributed by atoms with Crippen molar-refractivity contribution < 1.29 is 4.55 Å². The number of hydrogen-bond donors (Lipinski definition) is 0. The molecule has 11 heavy (non-hydrogen) atoms. The van der Waals surface area contributed by atoms with Crippen molar-refractivity contribution in [2.24, 2.45) is 0 Å². The predicted molar refractivity (Wildman–Crippen MR) is 44.7 cm³/mol. The van der Waals surface area contributed by atoms with Gasteiger partial charge in [0, 0.05) is 18.2 Å². The smallest absolute Gasteiger partial charge is 0.132 e. The van der Waals surface area contributed by atoms with E-state index >= 15 is 0 Å². The molecule has 0 bridgehead atoms. The van der Waals surface area contributed by atoms with Crippen LogP contribution in [-0.2, 0) is 23.3 Å². The van der Waals surface area contributed by atoms with Crippen LogP contribution in [0.4, 0.5) is 0 Å². The van der Waals surface area contributed by atoms with Gasteiger partial charge in [0.05, 0.1) is 5.69 Å². The zero-order chi connectivity index (χ0) is 7.68. The van der Waals surface area contributed by atoms with Crippen LogP contribution in [0.15, 0.2) is 18.3 Å². The minimum atomic E-state index is -0.642. The second kappa shape index (κ2) is 2.83. The minimum Gasteiger partial charge on any atom is -0.616 e. The Morgan fingerprint density at radius 2 is 2.45 bits per heavy atom. The van der Waals surface area contributed by atoms with Gasteiger partial charge in [0.2, 0.25) is 0 Å². The molecule has 58 valence electrons. The van der Waals surface area contributed by atoms with Crippen LogP contribution < -0.4 is 0 Å². The molecule has 0 amide bonds. The SMILES string of the molecule is [O-][S+]1CCc2ncccc2C1. The molecule has 0 aliphatic carbocycles. The number of nitrogens with zero attached hydrogens (tertiary/aromatic N) is 1. The van der Waals surface area contributed by atoms with Gasteiger partial charge in [0.1, 0.15) is 11.5 Å². The molecule has 0 N–H and O–H groups in total. The van der Waals surface area contributed by atoms with E-state index < -0.39 is 11.2 Å². The van der Waals surface area contributed by atoms with Crippen LogP contribution in [0.5, 0.6) is 0 Å². The summed E-state index contributed by atoms with van der Waals surface area (Å²) in [6.45, 7) is 0. The molecule has 3 heteroatoms. The maximum atomic E-state index is 11.1. The Balaban J connectivity index is 2.34. The van der Waals surface area contributed by atoms with Crippen molar-refractivity contribution in [3.05, 3.63) is 29.6 Å². The summed E-state index contributed by atoms with van der Waals surface area (Å²) < 4.78 is 11.1. The Morgan fingerprint density at radius 3 is 3.36 bits per heavy atom. The predicted octanol–water partition coefficient (Wildman–Crippen LogP) is 0.886. The summed E-state index contributed by atoms with van der Waals surface area (Å²) in [6.07, 6.45) is 2.68. The molecule has 0 saturated carbocycles. The number of hydrogen-bond acceptors (Lipinski definition) is 2. The topological polar surface area (TPSA) is 36.0 Å². The van der Waals surface area contributed by atoms with Gasteiger partial charge in [-0.05, 0) is 17.2 Å². The maximum absolute atomic E-state index is 11.1. The van der Waals surface area contributed by atoms with E-state index in [9.17, 15) is 4.55 Å². The second-order valence-electron chi connectivity index (χ2n) is 2.65. The van der Waals surface area contributed by atoms with Crippen molar-refractivity contribution in [3.63, 3.8) is 0 Å². The molecule has 1 aliphatic heterocycles. The number of rotatable bonds is 0. The van der Waals surface area contributed by atoms with Crippen molar-refractivity contribution in [1.82, 2.24) is 4.98 Å². The average molecular weight is 167 g/mol.